The van der Waals surface area contributed by atoms with Gasteiger partial charge in [0.05, 0.1) is 0 Å². The van der Waals surface area contributed by atoms with Crippen molar-refractivity contribution >= 4 is 17.4 Å². The predicted octanol–water partition coefficient (Wildman–Crippen LogP) is 0.681. The van der Waals surface area contributed by atoms with Crippen molar-refractivity contribution in [1.82, 2.24) is 0 Å². The quantitative estimate of drug-likeness (QED) is 0.540. The van der Waals surface area contributed by atoms with Crippen molar-refractivity contribution in [3.05, 3.63) is 18.4 Å². The molecule has 0 aromatic carbocycles. The van der Waals surface area contributed by atoms with Gasteiger partial charge < -0.3 is 0 Å². The summed E-state index contributed by atoms with van der Waals surface area (Å²) in [6.07, 6.45) is 1.42. The Morgan fingerprint density at radius 2 is 2.27 bits per heavy atom. The second kappa shape index (κ2) is 2.74. The summed E-state index contributed by atoms with van der Waals surface area (Å²) in [5.74, 6) is 2.37. The second-order valence-electron chi connectivity index (χ2n) is 1.72. The first-order chi connectivity index (χ1) is 5.31. The van der Waals surface area contributed by atoms with Crippen molar-refractivity contribution in [2.75, 3.05) is 0 Å². The van der Waals surface area contributed by atoms with Gasteiger partial charge in [0.15, 0.2) is 17.2 Å². The summed E-state index contributed by atoms with van der Waals surface area (Å²) >= 11 is 0. The summed E-state index contributed by atoms with van der Waals surface area (Å²) < 4.78 is 0. The molecule has 1 N–H and O–H groups in total. The Labute approximate surface area is 63.4 Å². The molecule has 1 rings (SSSR count). The summed E-state index contributed by atoms with van der Waals surface area (Å²) in [6.45, 7) is 3.43. The molecule has 4 nitrogen and oxygen atoms in total. The van der Waals surface area contributed by atoms with E-state index in [1.54, 1.807) is 6.07 Å². The lowest BCUT2D eigenvalue weighted by molar-refractivity contribution is 1.49. The first-order valence-corrected chi connectivity index (χ1v) is 2.81. The molecular formula is C7H4N4. The van der Waals surface area contributed by atoms with E-state index in [0.29, 0.717) is 5.84 Å². The van der Waals surface area contributed by atoms with Gasteiger partial charge in [-0.25, -0.2) is 9.98 Å². The van der Waals surface area contributed by atoms with E-state index in [-0.39, 0.29) is 11.4 Å². The van der Waals surface area contributed by atoms with E-state index in [1.165, 1.54) is 6.08 Å². The highest BCUT2D eigenvalue weighted by molar-refractivity contribution is 6.25. The number of amidine groups is 1. The molecule has 0 atom stereocenters. The Balaban J connectivity index is 3.17. The molecule has 0 bridgehead atoms. The third-order valence-electron chi connectivity index (χ3n) is 1.08. The minimum Gasteiger partial charge on any atom is -0.257 e. The zero-order valence-corrected chi connectivity index (χ0v) is 5.63. The van der Waals surface area contributed by atoms with Crippen molar-refractivity contribution in [2.24, 2.45) is 9.98 Å². The fourth-order valence-electron chi connectivity index (χ4n) is 0.616. The van der Waals surface area contributed by atoms with Crippen LogP contribution in [0.2, 0.25) is 0 Å². The van der Waals surface area contributed by atoms with E-state index in [9.17, 15) is 0 Å². The molecule has 11 heavy (non-hydrogen) atoms. The summed E-state index contributed by atoms with van der Waals surface area (Å²) in [4.78, 5) is 7.51. The van der Waals surface area contributed by atoms with Gasteiger partial charge in [0.1, 0.15) is 6.07 Å². The number of nitrogens with zero attached hydrogens (tertiary/aromatic N) is 3. The van der Waals surface area contributed by atoms with Gasteiger partial charge in [0, 0.05) is 5.87 Å². The van der Waals surface area contributed by atoms with Gasteiger partial charge in [0.25, 0.3) is 0 Å². The third-order valence-corrected chi connectivity index (χ3v) is 1.08. The zero-order chi connectivity index (χ0) is 8.27. The van der Waals surface area contributed by atoms with E-state index in [4.69, 9.17) is 10.7 Å². The lowest BCUT2D eigenvalue weighted by atomic mass is 10.3. The zero-order valence-electron chi connectivity index (χ0n) is 5.63. The van der Waals surface area contributed by atoms with Crippen LogP contribution in [0.4, 0.5) is 0 Å². The largest absolute Gasteiger partial charge is 0.257 e. The maximum absolute atomic E-state index is 8.45. The number of rotatable bonds is 1. The normalized spacial score (nSPS) is 14.6. The van der Waals surface area contributed by atoms with Crippen LogP contribution in [0.5, 0.6) is 0 Å². The Bertz CT molecular complexity index is 347. The van der Waals surface area contributed by atoms with Crippen molar-refractivity contribution in [1.29, 1.82) is 10.7 Å². The van der Waals surface area contributed by atoms with Crippen LogP contribution in [-0.4, -0.2) is 17.4 Å². The van der Waals surface area contributed by atoms with E-state index in [1.807, 2.05) is 5.87 Å². The Morgan fingerprint density at radius 3 is 2.64 bits per heavy atom. The fraction of sp³-hybridized carbons (Fsp3) is 0. The van der Waals surface area contributed by atoms with Crippen LogP contribution in [0.3, 0.4) is 0 Å². The third kappa shape index (κ3) is 1.13. The van der Waals surface area contributed by atoms with Gasteiger partial charge in [-0.15, -0.1) is 0 Å². The number of hydrogen-bond donors (Lipinski definition) is 1. The van der Waals surface area contributed by atoms with Crippen LogP contribution in [0, 0.1) is 16.7 Å². The molecule has 0 fully saturated rings. The molecule has 0 saturated carbocycles. The fourth-order valence-corrected chi connectivity index (χ4v) is 0.616. The summed E-state index contributed by atoms with van der Waals surface area (Å²) in [5.41, 5.74) is 0.289. The average Bonchev–Trinajstić information content (AvgIpc) is 2.46. The van der Waals surface area contributed by atoms with E-state index in [0.717, 1.165) is 0 Å². The monoisotopic (exact) mass is 144 g/mol. The van der Waals surface area contributed by atoms with Gasteiger partial charge in [-0.3, -0.25) is 5.41 Å². The molecule has 1 heterocycles. The van der Waals surface area contributed by atoms with Crippen molar-refractivity contribution in [3.63, 3.8) is 0 Å². The van der Waals surface area contributed by atoms with Crippen molar-refractivity contribution in [2.45, 2.75) is 0 Å². The first kappa shape index (κ1) is 7.13. The van der Waals surface area contributed by atoms with Gasteiger partial charge in [0.2, 0.25) is 0 Å². The molecule has 0 unspecified atom stereocenters. The first-order valence-electron chi connectivity index (χ1n) is 2.81. The lowest BCUT2D eigenvalue weighted by Gasteiger charge is -1.78. The Kier molecular flexibility index (Phi) is 1.77. The molecule has 0 aliphatic carbocycles. The SMILES string of the molecule is C=CC1=NC(=C=N)C(C#N)=N1. The lowest BCUT2D eigenvalue weighted by Crippen LogP contribution is -1.91. The van der Waals surface area contributed by atoms with Crippen LogP contribution >= 0.6 is 0 Å². The molecule has 0 radical (unpaired) electrons. The second-order valence-corrected chi connectivity index (χ2v) is 1.72. The number of aliphatic imine (C=N–C) groups is 2. The summed E-state index contributed by atoms with van der Waals surface area (Å²) in [5, 5.41) is 15.2. The Hall–Kier alpha value is -1.98. The van der Waals surface area contributed by atoms with Crippen LogP contribution in [-0.2, 0) is 0 Å². The highest BCUT2D eigenvalue weighted by Crippen LogP contribution is 2.06. The molecule has 1 aliphatic heterocycles. The highest BCUT2D eigenvalue weighted by Gasteiger charge is 2.13. The van der Waals surface area contributed by atoms with Crippen LogP contribution in [0.1, 0.15) is 0 Å². The van der Waals surface area contributed by atoms with Gasteiger partial charge in [-0.1, -0.05) is 6.58 Å². The molecule has 52 valence electrons. The number of nitrogens with one attached hydrogen (secondary N) is 1. The molecular weight excluding hydrogens is 140 g/mol. The number of nitriles is 1. The van der Waals surface area contributed by atoms with Crippen LogP contribution in [0.15, 0.2) is 28.3 Å². The predicted molar refractivity (Wildman–Crippen MR) is 41.9 cm³/mol. The maximum Gasteiger partial charge on any atom is 0.178 e. The van der Waals surface area contributed by atoms with Crippen molar-refractivity contribution < 1.29 is 0 Å². The standard InChI is InChI=1S/C7H4N4/c1-2-7-10-5(3-8)6(4-9)11-7/h2,8H,1H2. The molecule has 0 saturated heterocycles. The molecule has 0 aromatic heterocycles. The topological polar surface area (TPSA) is 72.4 Å². The molecule has 0 aromatic rings. The summed E-state index contributed by atoms with van der Waals surface area (Å²) in [6, 6.07) is 1.80. The smallest absolute Gasteiger partial charge is 0.178 e. The molecule has 0 amide bonds. The minimum atomic E-state index is 0.120. The highest BCUT2D eigenvalue weighted by atomic mass is 15.0. The van der Waals surface area contributed by atoms with Crippen molar-refractivity contribution in [3.8, 4) is 6.07 Å². The van der Waals surface area contributed by atoms with Gasteiger partial charge >= 0.3 is 0 Å². The average molecular weight is 144 g/mol. The van der Waals surface area contributed by atoms with Crippen LogP contribution in [0.25, 0.3) is 0 Å². The van der Waals surface area contributed by atoms with Gasteiger partial charge in [-0.2, -0.15) is 5.26 Å². The molecule has 4 heteroatoms. The maximum atomic E-state index is 8.45. The number of hydrogen-bond acceptors (Lipinski definition) is 4. The summed E-state index contributed by atoms with van der Waals surface area (Å²) in [7, 11) is 0. The number of allylic oxidation sites excluding steroid dienone is 1. The van der Waals surface area contributed by atoms with Crippen LogP contribution < -0.4 is 0 Å². The van der Waals surface area contributed by atoms with Gasteiger partial charge in [-0.05, 0) is 6.08 Å². The minimum absolute atomic E-state index is 0.120. The van der Waals surface area contributed by atoms with E-state index >= 15 is 0 Å². The van der Waals surface area contributed by atoms with E-state index in [2.05, 4.69) is 16.6 Å². The molecule has 1 aliphatic rings. The Morgan fingerprint density at radius 1 is 1.55 bits per heavy atom. The molecule has 0 spiro atoms. The van der Waals surface area contributed by atoms with E-state index < -0.39 is 0 Å².